The highest BCUT2D eigenvalue weighted by atomic mass is 16.5. The molecule has 2 amide bonds. The molecule has 0 aliphatic carbocycles. The number of carbonyl (C=O) groups is 2. The fourth-order valence-corrected chi connectivity index (χ4v) is 4.50. The number of rotatable bonds is 6. The van der Waals surface area contributed by atoms with Crippen molar-refractivity contribution in [3.8, 4) is 11.3 Å². The Morgan fingerprint density at radius 3 is 2.55 bits per heavy atom. The first kappa shape index (κ1) is 25.1. The molecule has 4 heterocycles. The molecular formula is C28H29N7O3. The van der Waals surface area contributed by atoms with E-state index in [1.807, 2.05) is 6.07 Å². The average molecular weight is 512 g/mol. The predicted molar refractivity (Wildman–Crippen MR) is 146 cm³/mol. The van der Waals surface area contributed by atoms with Gasteiger partial charge in [-0.05, 0) is 54.0 Å². The van der Waals surface area contributed by atoms with Crippen LogP contribution in [0.1, 0.15) is 22.3 Å². The first-order valence-corrected chi connectivity index (χ1v) is 12.4. The second-order valence-electron chi connectivity index (χ2n) is 9.03. The summed E-state index contributed by atoms with van der Waals surface area (Å²) in [5.41, 5.74) is 10.5. The zero-order valence-electron chi connectivity index (χ0n) is 21.0. The van der Waals surface area contributed by atoms with E-state index in [2.05, 4.69) is 38.9 Å². The van der Waals surface area contributed by atoms with E-state index < -0.39 is 0 Å². The molecule has 0 bridgehead atoms. The van der Waals surface area contributed by atoms with Gasteiger partial charge in [-0.15, -0.1) is 0 Å². The first-order valence-electron chi connectivity index (χ1n) is 12.4. The number of hydrogen-bond acceptors (Lipinski definition) is 8. The Morgan fingerprint density at radius 2 is 1.84 bits per heavy atom. The molecule has 5 rings (SSSR count). The normalized spacial score (nSPS) is 15.5. The third-order valence-electron chi connectivity index (χ3n) is 6.54. The van der Waals surface area contributed by atoms with Crippen molar-refractivity contribution >= 4 is 34.8 Å². The van der Waals surface area contributed by atoms with Gasteiger partial charge in [-0.25, -0.2) is 15.0 Å². The van der Waals surface area contributed by atoms with Crippen molar-refractivity contribution in [2.24, 2.45) is 0 Å². The van der Waals surface area contributed by atoms with E-state index in [1.54, 1.807) is 41.6 Å². The Labute approximate surface area is 220 Å². The lowest BCUT2D eigenvalue weighted by Gasteiger charge is -2.30. The molecule has 3 N–H and O–H groups in total. The highest BCUT2D eigenvalue weighted by Crippen LogP contribution is 2.30. The summed E-state index contributed by atoms with van der Waals surface area (Å²) >= 11 is 0. The molecular weight excluding hydrogens is 482 g/mol. The van der Waals surface area contributed by atoms with Crippen LogP contribution in [0.4, 0.5) is 17.5 Å². The zero-order valence-corrected chi connectivity index (χ0v) is 21.0. The molecule has 2 aliphatic rings. The Hall–Kier alpha value is -4.57. The Kier molecular flexibility index (Phi) is 7.41. The predicted octanol–water partition coefficient (Wildman–Crippen LogP) is 3.01. The van der Waals surface area contributed by atoms with E-state index in [4.69, 9.17) is 15.5 Å². The van der Waals surface area contributed by atoms with Crippen molar-refractivity contribution < 1.29 is 14.3 Å². The summed E-state index contributed by atoms with van der Waals surface area (Å²) in [6.45, 7) is 7.36. The summed E-state index contributed by atoms with van der Waals surface area (Å²) in [5.74, 6) is 0.680. The van der Waals surface area contributed by atoms with E-state index >= 15 is 0 Å². The number of nitrogens with zero attached hydrogens (tertiary/aromatic N) is 5. The number of nitrogen functional groups attached to an aromatic ring is 1. The Morgan fingerprint density at radius 1 is 1.05 bits per heavy atom. The van der Waals surface area contributed by atoms with E-state index in [-0.39, 0.29) is 17.8 Å². The number of nitrogens with one attached hydrogen (secondary N) is 1. The number of hydrogen-bond donors (Lipinski definition) is 2. The lowest BCUT2D eigenvalue weighted by molar-refractivity contribution is -0.111. The van der Waals surface area contributed by atoms with Crippen LogP contribution in [0.2, 0.25) is 0 Å². The second-order valence-corrected chi connectivity index (χ2v) is 9.03. The monoisotopic (exact) mass is 511 g/mol. The van der Waals surface area contributed by atoms with Crippen LogP contribution < -0.4 is 16.0 Å². The lowest BCUT2D eigenvalue weighted by atomic mass is 9.98. The topological polar surface area (TPSA) is 127 Å². The van der Waals surface area contributed by atoms with Crippen LogP contribution in [-0.4, -0.2) is 71.1 Å². The minimum Gasteiger partial charge on any atom is -0.378 e. The molecule has 0 unspecified atom stereocenters. The summed E-state index contributed by atoms with van der Waals surface area (Å²) in [6.07, 6.45) is 7.34. The number of morpholine rings is 1. The molecule has 38 heavy (non-hydrogen) atoms. The molecule has 3 aromatic rings. The molecule has 1 aromatic carbocycles. The average Bonchev–Trinajstić information content (AvgIpc) is 2.97. The molecule has 194 valence electrons. The molecule has 1 saturated heterocycles. The third kappa shape index (κ3) is 5.70. The molecule has 10 nitrogen and oxygen atoms in total. The lowest BCUT2D eigenvalue weighted by Crippen LogP contribution is -2.37. The van der Waals surface area contributed by atoms with Gasteiger partial charge in [0.25, 0.3) is 5.91 Å². The number of amides is 2. The molecule has 2 aromatic heterocycles. The standard InChI is InChI=1S/C28H29N7O3/c1-2-26(36)32-23-5-3-4-20(14-23)27(37)35-8-6-19(7-9-35)21-15-24(22-17-30-28(29)31-18-22)33-25(16-21)34-10-12-38-13-11-34/h2-6,14-18H,1,7-13H2,(H,32,36)(H2,29,30,31). The molecule has 2 aliphatic heterocycles. The number of anilines is 3. The van der Waals surface area contributed by atoms with Crippen LogP contribution in [-0.2, 0) is 9.53 Å². The number of carbonyl (C=O) groups excluding carboxylic acids is 2. The number of ether oxygens (including phenoxy) is 1. The maximum absolute atomic E-state index is 13.2. The van der Waals surface area contributed by atoms with Crippen LogP contribution in [0.3, 0.4) is 0 Å². The summed E-state index contributed by atoms with van der Waals surface area (Å²) in [4.78, 5) is 42.0. The maximum Gasteiger partial charge on any atom is 0.254 e. The second kappa shape index (κ2) is 11.2. The van der Waals surface area contributed by atoms with E-state index in [1.165, 1.54) is 6.08 Å². The van der Waals surface area contributed by atoms with Gasteiger partial charge in [-0.3, -0.25) is 9.59 Å². The fourth-order valence-electron chi connectivity index (χ4n) is 4.50. The summed E-state index contributed by atoms with van der Waals surface area (Å²) in [7, 11) is 0. The number of benzene rings is 1. The van der Waals surface area contributed by atoms with Gasteiger partial charge in [0.1, 0.15) is 5.82 Å². The summed E-state index contributed by atoms with van der Waals surface area (Å²) < 4.78 is 5.52. The van der Waals surface area contributed by atoms with Gasteiger partial charge in [0.2, 0.25) is 11.9 Å². The van der Waals surface area contributed by atoms with E-state index in [9.17, 15) is 9.59 Å². The zero-order chi connectivity index (χ0) is 26.5. The molecule has 1 fully saturated rings. The van der Waals surface area contributed by atoms with Crippen LogP contribution in [0.5, 0.6) is 0 Å². The molecule has 0 atom stereocenters. The summed E-state index contributed by atoms with van der Waals surface area (Å²) in [6, 6.07) is 11.1. The van der Waals surface area contributed by atoms with Crippen LogP contribution in [0, 0.1) is 0 Å². The first-order chi connectivity index (χ1) is 18.5. The van der Waals surface area contributed by atoms with Crippen molar-refractivity contribution in [3.63, 3.8) is 0 Å². The molecule has 0 saturated carbocycles. The quantitative estimate of drug-likeness (QED) is 0.484. The SMILES string of the molecule is C=CC(=O)Nc1cccc(C(=O)N2CC=C(c3cc(-c4cnc(N)nc4)nc(N4CCOCC4)c3)CC2)c1. The smallest absolute Gasteiger partial charge is 0.254 e. The number of aromatic nitrogens is 3. The number of pyridine rings is 1. The van der Waals surface area contributed by atoms with Crippen LogP contribution in [0.25, 0.3) is 16.8 Å². The van der Waals surface area contributed by atoms with Crippen molar-refractivity contribution in [2.45, 2.75) is 6.42 Å². The van der Waals surface area contributed by atoms with E-state index in [0.29, 0.717) is 44.0 Å². The Balaban J connectivity index is 1.38. The molecule has 10 heteroatoms. The Bertz CT molecular complexity index is 1380. The van der Waals surface area contributed by atoms with Gasteiger partial charge >= 0.3 is 0 Å². The largest absolute Gasteiger partial charge is 0.378 e. The maximum atomic E-state index is 13.2. The van der Waals surface area contributed by atoms with Gasteiger partial charge < -0.3 is 25.6 Å². The van der Waals surface area contributed by atoms with Gasteiger partial charge in [-0.2, -0.15) is 0 Å². The molecule has 0 radical (unpaired) electrons. The number of nitrogens with two attached hydrogens (primary N) is 1. The van der Waals surface area contributed by atoms with Crippen molar-refractivity contribution in [2.75, 3.05) is 55.3 Å². The van der Waals surface area contributed by atoms with Crippen molar-refractivity contribution in [3.05, 3.63) is 78.6 Å². The highest BCUT2D eigenvalue weighted by molar-refractivity contribution is 6.01. The van der Waals surface area contributed by atoms with Crippen molar-refractivity contribution in [1.82, 2.24) is 19.9 Å². The van der Waals surface area contributed by atoms with Crippen LogP contribution >= 0.6 is 0 Å². The van der Waals surface area contributed by atoms with Gasteiger partial charge in [0.05, 0.1) is 18.9 Å². The van der Waals surface area contributed by atoms with Gasteiger partial charge in [0, 0.05) is 55.4 Å². The van der Waals surface area contributed by atoms with Gasteiger partial charge in [0.15, 0.2) is 0 Å². The summed E-state index contributed by atoms with van der Waals surface area (Å²) in [5, 5.41) is 2.70. The highest BCUT2D eigenvalue weighted by Gasteiger charge is 2.22. The minimum absolute atomic E-state index is 0.0848. The minimum atomic E-state index is -0.321. The van der Waals surface area contributed by atoms with Gasteiger partial charge in [-0.1, -0.05) is 18.7 Å². The van der Waals surface area contributed by atoms with E-state index in [0.717, 1.165) is 41.3 Å². The molecule has 0 spiro atoms. The van der Waals surface area contributed by atoms with Crippen LogP contribution in [0.15, 0.2) is 67.5 Å². The third-order valence-corrected chi connectivity index (χ3v) is 6.54. The van der Waals surface area contributed by atoms with Crippen molar-refractivity contribution in [1.29, 1.82) is 0 Å². The fraction of sp³-hybridized carbons (Fsp3) is 0.250.